The van der Waals surface area contributed by atoms with E-state index in [1.807, 2.05) is 11.3 Å². The predicted molar refractivity (Wildman–Crippen MR) is 84.1 cm³/mol. The SMILES string of the molecule is CCCn1nc(-c2nc(-c3cnc4cnccn34)no2)ccc1=O. The zero-order valence-corrected chi connectivity index (χ0v) is 12.8. The fourth-order valence-corrected chi connectivity index (χ4v) is 2.37. The molecule has 9 heteroatoms. The first-order valence-electron chi connectivity index (χ1n) is 7.46. The number of aryl methyl sites for hydroxylation is 1. The van der Waals surface area contributed by atoms with Gasteiger partial charge in [0.2, 0.25) is 5.82 Å². The summed E-state index contributed by atoms with van der Waals surface area (Å²) in [5.41, 5.74) is 1.67. The Hall–Kier alpha value is -3.36. The number of hydrogen-bond acceptors (Lipinski definition) is 7. The summed E-state index contributed by atoms with van der Waals surface area (Å²) in [5, 5.41) is 8.25. The quantitative estimate of drug-likeness (QED) is 0.559. The van der Waals surface area contributed by atoms with Crippen LogP contribution >= 0.6 is 0 Å². The molecule has 0 spiro atoms. The average Bonchev–Trinajstić information content (AvgIpc) is 3.23. The van der Waals surface area contributed by atoms with Crippen LogP contribution in [0.1, 0.15) is 13.3 Å². The Morgan fingerprint density at radius 2 is 2.17 bits per heavy atom. The highest BCUT2D eigenvalue weighted by molar-refractivity contribution is 5.58. The van der Waals surface area contributed by atoms with Crippen LogP contribution in [0.25, 0.3) is 28.8 Å². The second-order valence-electron chi connectivity index (χ2n) is 5.15. The molecule has 0 atom stereocenters. The van der Waals surface area contributed by atoms with Crippen LogP contribution in [0, 0.1) is 0 Å². The van der Waals surface area contributed by atoms with Gasteiger partial charge in [-0.2, -0.15) is 10.1 Å². The van der Waals surface area contributed by atoms with Crippen LogP contribution < -0.4 is 5.56 Å². The van der Waals surface area contributed by atoms with Gasteiger partial charge in [-0.1, -0.05) is 12.1 Å². The van der Waals surface area contributed by atoms with E-state index in [1.54, 1.807) is 30.9 Å². The third kappa shape index (κ3) is 2.35. The zero-order chi connectivity index (χ0) is 16.5. The van der Waals surface area contributed by atoms with Gasteiger partial charge in [-0.15, -0.1) is 0 Å². The summed E-state index contributed by atoms with van der Waals surface area (Å²) >= 11 is 0. The summed E-state index contributed by atoms with van der Waals surface area (Å²) in [6, 6.07) is 3.02. The minimum atomic E-state index is -0.158. The van der Waals surface area contributed by atoms with E-state index in [9.17, 15) is 4.79 Å². The largest absolute Gasteiger partial charge is 0.332 e. The first kappa shape index (κ1) is 14.2. The lowest BCUT2D eigenvalue weighted by molar-refractivity contribution is 0.428. The predicted octanol–water partition coefficient (Wildman–Crippen LogP) is 1.41. The smallest absolute Gasteiger partial charge is 0.278 e. The van der Waals surface area contributed by atoms with Crippen molar-refractivity contribution in [2.75, 3.05) is 0 Å². The molecule has 0 saturated heterocycles. The molecule has 0 aromatic carbocycles. The second-order valence-corrected chi connectivity index (χ2v) is 5.15. The molecule has 0 saturated carbocycles. The van der Waals surface area contributed by atoms with Gasteiger partial charge in [-0.25, -0.2) is 9.67 Å². The monoisotopic (exact) mass is 323 g/mol. The molecule has 4 aromatic heterocycles. The van der Waals surface area contributed by atoms with Gasteiger partial charge >= 0.3 is 0 Å². The molecule has 0 fully saturated rings. The number of imidazole rings is 1. The standard InChI is InChI=1S/C15H13N7O2/c1-2-6-22-13(23)4-3-10(19-22)15-18-14(20-24-15)11-8-17-12-9-16-5-7-21(11)12/h3-5,7-9H,2,6H2,1H3. The van der Waals surface area contributed by atoms with E-state index in [2.05, 4.69) is 25.2 Å². The Morgan fingerprint density at radius 1 is 1.25 bits per heavy atom. The van der Waals surface area contributed by atoms with Gasteiger partial charge in [-0.3, -0.25) is 14.2 Å². The van der Waals surface area contributed by atoms with Crippen molar-refractivity contribution in [3.05, 3.63) is 47.3 Å². The minimum Gasteiger partial charge on any atom is -0.332 e. The van der Waals surface area contributed by atoms with E-state index in [0.717, 1.165) is 6.42 Å². The van der Waals surface area contributed by atoms with Gasteiger partial charge in [0.15, 0.2) is 5.65 Å². The molecule has 0 radical (unpaired) electrons. The maximum Gasteiger partial charge on any atom is 0.278 e. The van der Waals surface area contributed by atoms with Crippen molar-refractivity contribution in [2.45, 2.75) is 19.9 Å². The topological polar surface area (TPSA) is 104 Å². The molecule has 0 N–H and O–H groups in total. The van der Waals surface area contributed by atoms with Crippen LogP contribution in [-0.4, -0.2) is 34.3 Å². The molecular formula is C15H13N7O2. The summed E-state index contributed by atoms with van der Waals surface area (Å²) in [6.45, 7) is 2.51. The number of rotatable bonds is 4. The van der Waals surface area contributed by atoms with Crippen molar-refractivity contribution in [1.29, 1.82) is 0 Å². The number of fused-ring (bicyclic) bond motifs is 1. The van der Waals surface area contributed by atoms with E-state index < -0.39 is 0 Å². The fraction of sp³-hybridized carbons (Fsp3) is 0.200. The molecule has 9 nitrogen and oxygen atoms in total. The first-order valence-corrected chi connectivity index (χ1v) is 7.46. The number of nitrogens with zero attached hydrogens (tertiary/aromatic N) is 7. The fourth-order valence-electron chi connectivity index (χ4n) is 2.37. The average molecular weight is 323 g/mol. The van der Waals surface area contributed by atoms with E-state index in [1.165, 1.54) is 10.7 Å². The van der Waals surface area contributed by atoms with Crippen molar-refractivity contribution in [3.63, 3.8) is 0 Å². The molecule has 0 aliphatic heterocycles. The van der Waals surface area contributed by atoms with Crippen LogP contribution in [-0.2, 0) is 6.54 Å². The van der Waals surface area contributed by atoms with Gasteiger partial charge in [0.1, 0.15) is 11.4 Å². The summed E-state index contributed by atoms with van der Waals surface area (Å²) in [7, 11) is 0. The first-order chi connectivity index (χ1) is 11.8. The highest BCUT2D eigenvalue weighted by atomic mass is 16.5. The van der Waals surface area contributed by atoms with Crippen molar-refractivity contribution < 1.29 is 4.52 Å². The summed E-state index contributed by atoms with van der Waals surface area (Å²) in [4.78, 5) is 24.4. The highest BCUT2D eigenvalue weighted by Gasteiger charge is 2.16. The Kier molecular flexibility index (Phi) is 3.38. The third-order valence-corrected chi connectivity index (χ3v) is 3.49. The van der Waals surface area contributed by atoms with Gasteiger partial charge in [0.05, 0.1) is 12.4 Å². The molecule has 0 amide bonds. The van der Waals surface area contributed by atoms with E-state index >= 15 is 0 Å². The highest BCUT2D eigenvalue weighted by Crippen LogP contribution is 2.20. The molecule has 0 aliphatic rings. The Balaban J connectivity index is 1.75. The molecule has 4 heterocycles. The molecule has 4 aromatic rings. The molecule has 0 unspecified atom stereocenters. The maximum atomic E-state index is 11.7. The van der Waals surface area contributed by atoms with Crippen LogP contribution in [0.5, 0.6) is 0 Å². The van der Waals surface area contributed by atoms with Crippen LogP contribution in [0.3, 0.4) is 0 Å². The lowest BCUT2D eigenvalue weighted by Gasteiger charge is -2.02. The molecular weight excluding hydrogens is 310 g/mol. The Bertz CT molecular complexity index is 1060. The Labute approximate surface area is 135 Å². The molecule has 0 bridgehead atoms. The number of hydrogen-bond donors (Lipinski definition) is 0. The second kappa shape index (κ2) is 5.69. The summed E-state index contributed by atoms with van der Waals surface area (Å²) in [5.74, 6) is 0.637. The molecule has 120 valence electrons. The van der Waals surface area contributed by atoms with E-state index in [-0.39, 0.29) is 11.4 Å². The van der Waals surface area contributed by atoms with Gasteiger partial charge in [0.25, 0.3) is 11.4 Å². The third-order valence-electron chi connectivity index (χ3n) is 3.49. The number of aromatic nitrogens is 7. The lowest BCUT2D eigenvalue weighted by Crippen LogP contribution is -2.22. The van der Waals surface area contributed by atoms with Gasteiger partial charge in [-0.05, 0) is 12.5 Å². The van der Waals surface area contributed by atoms with Crippen LogP contribution in [0.15, 0.2) is 46.2 Å². The molecule has 4 rings (SSSR count). The van der Waals surface area contributed by atoms with Gasteiger partial charge < -0.3 is 4.52 Å². The van der Waals surface area contributed by atoms with E-state index in [0.29, 0.717) is 29.4 Å². The van der Waals surface area contributed by atoms with E-state index in [4.69, 9.17) is 4.52 Å². The van der Waals surface area contributed by atoms with Crippen molar-refractivity contribution in [3.8, 4) is 23.1 Å². The minimum absolute atomic E-state index is 0.158. The van der Waals surface area contributed by atoms with Crippen molar-refractivity contribution >= 4 is 5.65 Å². The summed E-state index contributed by atoms with van der Waals surface area (Å²) < 4.78 is 8.50. The normalized spacial score (nSPS) is 11.2. The molecule has 0 aliphatic carbocycles. The zero-order valence-electron chi connectivity index (χ0n) is 12.8. The molecule has 24 heavy (non-hydrogen) atoms. The van der Waals surface area contributed by atoms with Crippen LogP contribution in [0.2, 0.25) is 0 Å². The Morgan fingerprint density at radius 3 is 3.04 bits per heavy atom. The van der Waals surface area contributed by atoms with Gasteiger partial charge in [0, 0.05) is 25.0 Å². The summed E-state index contributed by atoms with van der Waals surface area (Å²) in [6.07, 6.45) is 7.53. The maximum absolute atomic E-state index is 11.7. The van der Waals surface area contributed by atoms with Crippen LogP contribution in [0.4, 0.5) is 0 Å². The van der Waals surface area contributed by atoms with Crippen molar-refractivity contribution in [1.82, 2.24) is 34.3 Å². The van der Waals surface area contributed by atoms with Crippen molar-refractivity contribution in [2.24, 2.45) is 0 Å². The lowest BCUT2D eigenvalue weighted by atomic mass is 10.3.